The van der Waals surface area contributed by atoms with Gasteiger partial charge in [0.1, 0.15) is 24.1 Å². The van der Waals surface area contributed by atoms with E-state index in [0.717, 1.165) is 24.7 Å². The molecule has 4 atom stereocenters. The van der Waals surface area contributed by atoms with E-state index in [2.05, 4.69) is 15.0 Å². The van der Waals surface area contributed by atoms with Gasteiger partial charge in [0.2, 0.25) is 11.3 Å². The maximum Gasteiger partial charge on any atom is 0.246 e. The molecule has 5 N–H and O–H groups in total. The topological polar surface area (TPSA) is 191 Å². The molecular formula is C16H19N5O7. The zero-order valence-corrected chi connectivity index (χ0v) is 15.3. The van der Waals surface area contributed by atoms with E-state index in [9.17, 15) is 29.7 Å². The van der Waals surface area contributed by atoms with Gasteiger partial charge in [0, 0.05) is 6.92 Å². The van der Waals surface area contributed by atoms with Crippen LogP contribution >= 0.6 is 0 Å². The number of ether oxygens (including phenoxy) is 1. The largest absolute Gasteiger partial charge is 0.394 e. The highest BCUT2D eigenvalue weighted by Gasteiger charge is 2.72. The van der Waals surface area contributed by atoms with Gasteiger partial charge in [-0.2, -0.15) is 0 Å². The monoisotopic (exact) mass is 393 g/mol. The number of carbonyl (C=O) groups excluding carboxylic acids is 3. The van der Waals surface area contributed by atoms with Crippen LogP contribution in [0, 0.1) is 0 Å². The lowest BCUT2D eigenvalue weighted by atomic mass is 9.80. The van der Waals surface area contributed by atoms with Crippen molar-refractivity contribution in [3.05, 3.63) is 12.2 Å². The maximum absolute atomic E-state index is 12.7. The van der Waals surface area contributed by atoms with Crippen LogP contribution in [0.4, 0.5) is 5.82 Å². The zero-order valence-electron chi connectivity index (χ0n) is 15.3. The first-order chi connectivity index (χ1) is 13.0. The Labute approximate surface area is 158 Å². The summed E-state index contributed by atoms with van der Waals surface area (Å²) < 4.78 is 6.48. The number of fused-ring (bicyclic) bond motifs is 1. The number of ketones is 3. The van der Waals surface area contributed by atoms with Crippen molar-refractivity contribution in [3.63, 3.8) is 0 Å². The summed E-state index contributed by atoms with van der Waals surface area (Å²) in [6.07, 6.45) is -2.36. The quantitative estimate of drug-likeness (QED) is 0.408. The summed E-state index contributed by atoms with van der Waals surface area (Å²) in [6.45, 7) is 2.41. The predicted octanol–water partition coefficient (Wildman–Crippen LogP) is -2.07. The summed E-state index contributed by atoms with van der Waals surface area (Å²) in [7, 11) is 0. The Morgan fingerprint density at radius 3 is 2.39 bits per heavy atom. The second kappa shape index (κ2) is 6.38. The molecule has 1 aliphatic rings. The fourth-order valence-corrected chi connectivity index (χ4v) is 3.50. The van der Waals surface area contributed by atoms with Crippen molar-refractivity contribution in [1.29, 1.82) is 0 Å². The minimum Gasteiger partial charge on any atom is -0.394 e. The van der Waals surface area contributed by atoms with Crippen LogP contribution in [0.1, 0.15) is 31.4 Å². The number of Topliss-reactive ketones (excluding diaryl/α,β-unsaturated/α-hetero) is 3. The number of carbonyl (C=O) groups is 3. The van der Waals surface area contributed by atoms with Gasteiger partial charge in [-0.25, -0.2) is 15.0 Å². The first kappa shape index (κ1) is 19.9. The number of imidazole rings is 1. The maximum atomic E-state index is 12.7. The third-order valence-electron chi connectivity index (χ3n) is 4.89. The van der Waals surface area contributed by atoms with Gasteiger partial charge in [0.25, 0.3) is 0 Å². The lowest BCUT2D eigenvalue weighted by Crippen LogP contribution is -2.65. The number of hydrogen-bond donors (Lipinski definition) is 4. The summed E-state index contributed by atoms with van der Waals surface area (Å²) >= 11 is 0. The van der Waals surface area contributed by atoms with Gasteiger partial charge < -0.3 is 25.8 Å². The molecule has 0 spiro atoms. The highest BCUT2D eigenvalue weighted by Crippen LogP contribution is 2.46. The van der Waals surface area contributed by atoms with E-state index in [1.165, 1.54) is 6.92 Å². The van der Waals surface area contributed by atoms with E-state index in [4.69, 9.17) is 10.5 Å². The van der Waals surface area contributed by atoms with Gasteiger partial charge in [-0.1, -0.05) is 0 Å². The molecule has 0 amide bonds. The normalized spacial score (nSPS) is 29.9. The van der Waals surface area contributed by atoms with Gasteiger partial charge >= 0.3 is 0 Å². The lowest BCUT2D eigenvalue weighted by Gasteiger charge is -2.38. The molecule has 2 aromatic rings. The molecule has 150 valence electrons. The Morgan fingerprint density at radius 1 is 1.25 bits per heavy atom. The van der Waals surface area contributed by atoms with Crippen molar-refractivity contribution in [2.45, 2.75) is 44.3 Å². The summed E-state index contributed by atoms with van der Waals surface area (Å²) in [5.41, 5.74) is 0.358. The van der Waals surface area contributed by atoms with Crippen molar-refractivity contribution in [1.82, 2.24) is 19.5 Å². The Kier molecular flexibility index (Phi) is 4.54. The van der Waals surface area contributed by atoms with Crippen LogP contribution in [0.3, 0.4) is 0 Å². The third kappa shape index (κ3) is 2.32. The smallest absolute Gasteiger partial charge is 0.246 e. The molecular weight excluding hydrogens is 374 g/mol. The average molecular weight is 393 g/mol. The minimum absolute atomic E-state index is 0.0120. The fourth-order valence-electron chi connectivity index (χ4n) is 3.50. The van der Waals surface area contributed by atoms with Crippen molar-refractivity contribution < 1.29 is 34.4 Å². The molecule has 0 aliphatic carbocycles. The molecule has 0 saturated carbocycles. The average Bonchev–Trinajstić information content (AvgIpc) is 3.14. The minimum atomic E-state index is -2.77. The molecule has 2 aromatic heterocycles. The molecule has 0 bridgehead atoms. The van der Waals surface area contributed by atoms with Crippen LogP contribution in [0.5, 0.6) is 0 Å². The van der Waals surface area contributed by atoms with E-state index in [1.807, 2.05) is 0 Å². The number of rotatable bonds is 5. The SMILES string of the molecule is CC(=O)c1nc(N)c2ncn([C@]3(C(C)=O)O[C@H](CO)[C@@H](O)[C@]3(O)C(C)=O)c2n1. The highest BCUT2D eigenvalue weighted by atomic mass is 16.6. The molecule has 1 fully saturated rings. The first-order valence-electron chi connectivity index (χ1n) is 8.25. The number of anilines is 1. The number of hydrogen-bond acceptors (Lipinski definition) is 11. The van der Waals surface area contributed by atoms with Crippen molar-refractivity contribution >= 4 is 34.3 Å². The second-order valence-electron chi connectivity index (χ2n) is 6.58. The number of nitrogen functional groups attached to an aromatic ring is 1. The van der Waals surface area contributed by atoms with Crippen LogP contribution in [0.15, 0.2) is 6.33 Å². The molecule has 0 radical (unpaired) electrons. The Hall–Kier alpha value is -2.80. The molecule has 0 unspecified atom stereocenters. The van der Waals surface area contributed by atoms with Crippen LogP contribution in [0.25, 0.3) is 11.2 Å². The third-order valence-corrected chi connectivity index (χ3v) is 4.89. The van der Waals surface area contributed by atoms with Crippen LogP contribution < -0.4 is 5.73 Å². The molecule has 28 heavy (non-hydrogen) atoms. The molecule has 12 heteroatoms. The molecule has 1 aliphatic heterocycles. The number of nitrogens with zero attached hydrogens (tertiary/aromatic N) is 4. The van der Waals surface area contributed by atoms with Gasteiger partial charge in [-0.15, -0.1) is 0 Å². The molecule has 0 aromatic carbocycles. The number of aliphatic hydroxyl groups excluding tert-OH is 2. The number of aliphatic hydroxyl groups is 3. The summed E-state index contributed by atoms with van der Waals surface area (Å²) in [6, 6.07) is 0. The van der Waals surface area contributed by atoms with Crippen LogP contribution in [-0.2, 0) is 20.1 Å². The van der Waals surface area contributed by atoms with E-state index >= 15 is 0 Å². The first-order valence-corrected chi connectivity index (χ1v) is 8.25. The van der Waals surface area contributed by atoms with Gasteiger partial charge in [-0.05, 0) is 13.8 Å². The standard InChI is InChI=1S/C16H19N5O7/c1-6(23)13-19-12(17)10-14(20-13)21(5-18-10)16(8(3)25)15(27,7(2)24)11(26)9(4-22)28-16/h5,9,11,22,26-27H,4H2,1-3H3,(H2,17,19,20)/t9-,11-,15-,16-/m1/s1. The van der Waals surface area contributed by atoms with Crippen molar-refractivity contribution in [2.24, 2.45) is 0 Å². The Balaban J connectivity index is 2.42. The van der Waals surface area contributed by atoms with Gasteiger partial charge in [0.15, 0.2) is 34.6 Å². The molecule has 1 saturated heterocycles. The van der Waals surface area contributed by atoms with Crippen molar-refractivity contribution in [3.8, 4) is 0 Å². The van der Waals surface area contributed by atoms with Crippen molar-refractivity contribution in [2.75, 3.05) is 12.3 Å². The summed E-state index contributed by atoms with van der Waals surface area (Å²) in [5.74, 6) is -2.84. The van der Waals surface area contributed by atoms with E-state index in [1.54, 1.807) is 0 Å². The van der Waals surface area contributed by atoms with E-state index in [0.29, 0.717) is 0 Å². The van der Waals surface area contributed by atoms with E-state index in [-0.39, 0.29) is 22.8 Å². The number of nitrogens with two attached hydrogens (primary N) is 1. The predicted molar refractivity (Wildman–Crippen MR) is 92.0 cm³/mol. The Bertz CT molecular complexity index is 1000. The Morgan fingerprint density at radius 2 is 1.89 bits per heavy atom. The van der Waals surface area contributed by atoms with Crippen LogP contribution in [0.2, 0.25) is 0 Å². The van der Waals surface area contributed by atoms with Gasteiger partial charge in [-0.3, -0.25) is 19.0 Å². The van der Waals surface area contributed by atoms with Gasteiger partial charge in [0.05, 0.1) is 6.61 Å². The molecule has 3 heterocycles. The summed E-state index contributed by atoms with van der Waals surface area (Å²) in [5, 5.41) is 31.1. The fraction of sp³-hybridized carbons (Fsp3) is 0.500. The number of aromatic nitrogens is 4. The zero-order chi connectivity index (χ0) is 21.0. The lowest BCUT2D eigenvalue weighted by molar-refractivity contribution is -0.199. The summed E-state index contributed by atoms with van der Waals surface area (Å²) in [4.78, 5) is 48.6. The highest BCUT2D eigenvalue weighted by molar-refractivity contribution is 5.99. The molecule has 3 rings (SSSR count). The van der Waals surface area contributed by atoms with E-state index < -0.39 is 47.5 Å². The van der Waals surface area contributed by atoms with Crippen LogP contribution in [-0.4, -0.2) is 76.6 Å². The second-order valence-corrected chi connectivity index (χ2v) is 6.58. The molecule has 12 nitrogen and oxygen atoms in total.